The first-order chi connectivity index (χ1) is 13.5. The van der Waals surface area contributed by atoms with Gasteiger partial charge in [0.1, 0.15) is 0 Å². The fourth-order valence-electron chi connectivity index (χ4n) is 3.39. The number of halogens is 1. The van der Waals surface area contributed by atoms with Gasteiger partial charge in [0.2, 0.25) is 0 Å². The molecule has 3 nitrogen and oxygen atoms in total. The summed E-state index contributed by atoms with van der Waals surface area (Å²) in [4.78, 5) is 8.64. The molecule has 0 aliphatic carbocycles. The van der Waals surface area contributed by atoms with Gasteiger partial charge in [0.25, 0.3) is 0 Å². The highest BCUT2D eigenvalue weighted by Gasteiger charge is 2.17. The number of nitrogens with zero attached hydrogens (tertiary/aromatic N) is 2. The first kappa shape index (κ1) is 20.8. The third-order valence-electron chi connectivity index (χ3n) is 4.77. The van der Waals surface area contributed by atoms with Crippen LogP contribution in [-0.2, 0) is 17.9 Å². The van der Waals surface area contributed by atoms with E-state index in [1.807, 2.05) is 12.1 Å². The molecule has 0 radical (unpaired) electrons. The minimum Gasteiger partial charge on any atom is -0.380 e. The Bertz CT molecular complexity index is 938. The van der Waals surface area contributed by atoms with Gasteiger partial charge in [-0.2, -0.15) is 0 Å². The number of aryl methyl sites for hydroxylation is 2. The molecule has 1 heterocycles. The van der Waals surface area contributed by atoms with Crippen molar-refractivity contribution in [2.45, 2.75) is 40.3 Å². The molecule has 2 aromatic carbocycles. The quantitative estimate of drug-likeness (QED) is 0.413. The molecule has 1 aromatic heterocycles. The maximum absolute atomic E-state index is 6.14. The van der Waals surface area contributed by atoms with Crippen LogP contribution in [0.4, 0.5) is 5.13 Å². The van der Waals surface area contributed by atoms with E-state index in [1.54, 1.807) is 18.4 Å². The molecule has 0 bridgehead atoms. The van der Waals surface area contributed by atoms with Crippen LogP contribution in [0.1, 0.15) is 34.9 Å². The minimum absolute atomic E-state index is 0.627. The summed E-state index contributed by atoms with van der Waals surface area (Å²) in [7, 11) is 1.74. The second-order valence-electron chi connectivity index (χ2n) is 6.98. The van der Waals surface area contributed by atoms with E-state index in [9.17, 15) is 0 Å². The van der Waals surface area contributed by atoms with E-state index in [1.165, 1.54) is 16.0 Å². The first-order valence-corrected chi connectivity index (χ1v) is 10.8. The van der Waals surface area contributed by atoms with Crippen LogP contribution in [0.3, 0.4) is 0 Å². The van der Waals surface area contributed by atoms with Crippen LogP contribution in [0.25, 0.3) is 11.3 Å². The zero-order valence-electron chi connectivity index (χ0n) is 17.0. The number of thiazole rings is 1. The Morgan fingerprint density at radius 3 is 2.54 bits per heavy atom. The van der Waals surface area contributed by atoms with Crippen LogP contribution >= 0.6 is 22.9 Å². The number of rotatable bonds is 8. The molecule has 0 saturated heterocycles. The van der Waals surface area contributed by atoms with Crippen LogP contribution in [0, 0.1) is 13.8 Å². The van der Waals surface area contributed by atoms with Crippen LogP contribution in [-0.4, -0.2) is 18.6 Å². The third-order valence-corrected chi connectivity index (χ3v) is 6.04. The van der Waals surface area contributed by atoms with Gasteiger partial charge in [-0.25, -0.2) is 4.98 Å². The molecule has 148 valence electrons. The van der Waals surface area contributed by atoms with Crippen molar-refractivity contribution < 1.29 is 4.74 Å². The number of benzene rings is 2. The molecule has 0 unspecified atom stereocenters. The minimum atomic E-state index is 0.627. The van der Waals surface area contributed by atoms with Crippen LogP contribution in [0.5, 0.6) is 0 Å². The van der Waals surface area contributed by atoms with Crippen LogP contribution in [0.2, 0.25) is 5.02 Å². The smallest absolute Gasteiger partial charge is 0.186 e. The normalized spacial score (nSPS) is 11.0. The number of ether oxygens (including phenoxy) is 1. The lowest BCUT2D eigenvalue weighted by Crippen LogP contribution is -2.24. The van der Waals surface area contributed by atoms with Crippen molar-refractivity contribution in [2.75, 3.05) is 18.6 Å². The second-order valence-corrected chi connectivity index (χ2v) is 8.60. The van der Waals surface area contributed by atoms with Gasteiger partial charge in [-0.3, -0.25) is 0 Å². The average Bonchev–Trinajstić information content (AvgIpc) is 3.04. The number of aromatic nitrogens is 1. The molecule has 0 saturated carbocycles. The Balaban J connectivity index is 1.93. The van der Waals surface area contributed by atoms with Gasteiger partial charge in [-0.1, -0.05) is 48.9 Å². The van der Waals surface area contributed by atoms with Gasteiger partial charge in [-0.15, -0.1) is 11.3 Å². The molecule has 3 rings (SSSR count). The van der Waals surface area contributed by atoms with E-state index in [2.05, 4.69) is 56.0 Å². The summed E-state index contributed by atoms with van der Waals surface area (Å²) in [6, 6.07) is 14.5. The SMILES string of the molecule is CCCN(Cc1ccccc1COC)c1nc(-c2ccc(Cl)cc2C)c(C)s1. The van der Waals surface area contributed by atoms with E-state index in [-0.39, 0.29) is 0 Å². The lowest BCUT2D eigenvalue weighted by Gasteiger charge is -2.22. The van der Waals surface area contributed by atoms with Gasteiger partial charge in [0.15, 0.2) is 5.13 Å². The summed E-state index contributed by atoms with van der Waals surface area (Å²) in [5.74, 6) is 0. The maximum Gasteiger partial charge on any atom is 0.186 e. The highest BCUT2D eigenvalue weighted by atomic mass is 35.5. The Morgan fingerprint density at radius 1 is 1.11 bits per heavy atom. The largest absolute Gasteiger partial charge is 0.380 e. The van der Waals surface area contributed by atoms with Crippen molar-refractivity contribution in [3.8, 4) is 11.3 Å². The fourth-order valence-corrected chi connectivity index (χ4v) is 4.56. The van der Waals surface area contributed by atoms with Crippen molar-refractivity contribution in [3.63, 3.8) is 0 Å². The van der Waals surface area contributed by atoms with Gasteiger partial charge in [0, 0.05) is 35.7 Å². The summed E-state index contributed by atoms with van der Waals surface area (Å²) < 4.78 is 5.38. The van der Waals surface area contributed by atoms with E-state index in [0.29, 0.717) is 6.61 Å². The van der Waals surface area contributed by atoms with Crippen molar-refractivity contribution in [3.05, 3.63) is 69.1 Å². The summed E-state index contributed by atoms with van der Waals surface area (Å²) >= 11 is 7.89. The second kappa shape index (κ2) is 9.55. The van der Waals surface area contributed by atoms with Crippen molar-refractivity contribution >= 4 is 28.1 Å². The van der Waals surface area contributed by atoms with Crippen molar-refractivity contribution in [1.29, 1.82) is 0 Å². The van der Waals surface area contributed by atoms with Crippen LogP contribution < -0.4 is 4.90 Å². The monoisotopic (exact) mass is 414 g/mol. The Morgan fingerprint density at radius 2 is 1.86 bits per heavy atom. The highest BCUT2D eigenvalue weighted by Crippen LogP contribution is 2.35. The van der Waals surface area contributed by atoms with Gasteiger partial charge >= 0.3 is 0 Å². The molecule has 0 aliphatic rings. The van der Waals surface area contributed by atoms with Gasteiger partial charge in [-0.05, 0) is 49.1 Å². The standard InChI is InChI=1S/C23H27ClN2OS/c1-5-12-26(14-18-8-6-7-9-19(18)15-27-4)23-25-22(17(3)28-23)21-11-10-20(24)13-16(21)2/h6-11,13H,5,12,14-15H2,1-4H3. The Hall–Kier alpha value is -1.88. The first-order valence-electron chi connectivity index (χ1n) is 9.58. The number of methoxy groups -OCH3 is 1. The third kappa shape index (κ3) is 4.75. The number of anilines is 1. The number of hydrogen-bond donors (Lipinski definition) is 0. The molecule has 0 N–H and O–H groups in total. The Labute approximate surface area is 177 Å². The van der Waals surface area contributed by atoms with E-state index >= 15 is 0 Å². The zero-order chi connectivity index (χ0) is 20.1. The number of hydrogen-bond acceptors (Lipinski definition) is 4. The molecule has 5 heteroatoms. The average molecular weight is 415 g/mol. The molecule has 0 spiro atoms. The predicted octanol–water partition coefficient (Wildman–Crippen LogP) is 6.64. The van der Waals surface area contributed by atoms with Crippen LogP contribution in [0.15, 0.2) is 42.5 Å². The molecule has 0 aliphatic heterocycles. The highest BCUT2D eigenvalue weighted by molar-refractivity contribution is 7.16. The summed E-state index contributed by atoms with van der Waals surface area (Å²) in [5, 5.41) is 1.83. The molecule has 0 amide bonds. The zero-order valence-corrected chi connectivity index (χ0v) is 18.5. The Kier molecular flexibility index (Phi) is 7.11. The van der Waals surface area contributed by atoms with Gasteiger partial charge < -0.3 is 9.64 Å². The summed E-state index contributed by atoms with van der Waals surface area (Å²) in [6.07, 6.45) is 1.07. The molecule has 3 aromatic rings. The molecule has 0 atom stereocenters. The summed E-state index contributed by atoms with van der Waals surface area (Å²) in [5.41, 5.74) is 5.88. The van der Waals surface area contributed by atoms with Crippen molar-refractivity contribution in [2.24, 2.45) is 0 Å². The van der Waals surface area contributed by atoms with E-state index in [4.69, 9.17) is 21.3 Å². The summed E-state index contributed by atoms with van der Waals surface area (Å²) in [6.45, 7) is 8.87. The molecular formula is C23H27ClN2OS. The molecule has 0 fully saturated rings. The topological polar surface area (TPSA) is 25.4 Å². The van der Waals surface area contributed by atoms with Crippen molar-refractivity contribution in [1.82, 2.24) is 4.98 Å². The van der Waals surface area contributed by atoms with E-state index < -0.39 is 0 Å². The van der Waals surface area contributed by atoms with E-state index in [0.717, 1.165) is 46.5 Å². The maximum atomic E-state index is 6.14. The lowest BCUT2D eigenvalue weighted by atomic mass is 10.1. The fraction of sp³-hybridized carbons (Fsp3) is 0.348. The lowest BCUT2D eigenvalue weighted by molar-refractivity contribution is 0.184. The predicted molar refractivity (Wildman–Crippen MR) is 121 cm³/mol. The molecule has 28 heavy (non-hydrogen) atoms. The van der Waals surface area contributed by atoms with Gasteiger partial charge in [0.05, 0.1) is 12.3 Å². The molecular weight excluding hydrogens is 388 g/mol.